The van der Waals surface area contributed by atoms with Crippen LogP contribution < -0.4 is 15.4 Å². The topological polar surface area (TPSA) is 72.0 Å². The van der Waals surface area contributed by atoms with Crippen molar-refractivity contribution in [1.82, 2.24) is 15.0 Å². The Hall–Kier alpha value is -1.59. The molecule has 0 amide bonds. The van der Waals surface area contributed by atoms with Crippen LogP contribution in [0.25, 0.3) is 0 Å². The van der Waals surface area contributed by atoms with Crippen LogP contribution in [0.3, 0.4) is 0 Å². The van der Waals surface area contributed by atoms with Crippen molar-refractivity contribution in [3.8, 4) is 6.01 Å². The predicted molar refractivity (Wildman–Crippen MR) is 84.8 cm³/mol. The number of hydrogen-bond donors (Lipinski definition) is 2. The first-order valence-electron chi connectivity index (χ1n) is 7.94. The third-order valence-electron chi connectivity index (χ3n) is 3.98. The van der Waals surface area contributed by atoms with Crippen molar-refractivity contribution in [3.05, 3.63) is 0 Å². The van der Waals surface area contributed by atoms with E-state index in [2.05, 4.69) is 46.4 Å². The molecule has 1 saturated carbocycles. The molecule has 6 nitrogen and oxygen atoms in total. The second-order valence-corrected chi connectivity index (χ2v) is 6.20. The molecule has 1 aromatic rings. The van der Waals surface area contributed by atoms with Crippen LogP contribution in [0.15, 0.2) is 0 Å². The van der Waals surface area contributed by atoms with Crippen molar-refractivity contribution < 1.29 is 4.74 Å². The quantitative estimate of drug-likeness (QED) is 0.805. The number of hydrogen-bond acceptors (Lipinski definition) is 6. The summed E-state index contributed by atoms with van der Waals surface area (Å²) in [6.07, 6.45) is 4.65. The number of aromatic nitrogens is 3. The fraction of sp³-hybridized carbons (Fsp3) is 0.800. The van der Waals surface area contributed by atoms with E-state index < -0.39 is 0 Å². The fourth-order valence-electron chi connectivity index (χ4n) is 2.68. The molecule has 118 valence electrons. The zero-order valence-electron chi connectivity index (χ0n) is 13.6. The Bertz CT molecular complexity index is 463. The Morgan fingerprint density at radius 2 is 1.95 bits per heavy atom. The molecule has 1 aromatic heterocycles. The summed E-state index contributed by atoms with van der Waals surface area (Å²) in [5.41, 5.74) is 0.273. The lowest BCUT2D eigenvalue weighted by Crippen LogP contribution is -2.31. The highest BCUT2D eigenvalue weighted by Gasteiger charge is 2.34. The first-order valence-corrected chi connectivity index (χ1v) is 7.94. The predicted octanol–water partition coefficient (Wildman–Crippen LogP) is 3.08. The van der Waals surface area contributed by atoms with Crippen LogP contribution in [0.2, 0.25) is 0 Å². The highest BCUT2D eigenvalue weighted by molar-refractivity contribution is 5.37. The van der Waals surface area contributed by atoms with E-state index in [0.717, 1.165) is 19.4 Å². The highest BCUT2D eigenvalue weighted by atomic mass is 16.5. The van der Waals surface area contributed by atoms with Gasteiger partial charge in [0.15, 0.2) is 0 Å². The summed E-state index contributed by atoms with van der Waals surface area (Å²) in [5, 5.41) is 6.66. The standard InChI is InChI=1S/C15H27N5O/c1-5-10-16-12-18-13(20-14(19-12)21-6-2)17-11-8-7-9-15(11,3)4/h11H,5-10H2,1-4H3,(H2,16,17,18,19,20). The SMILES string of the molecule is CCCNc1nc(NC2CCCC2(C)C)nc(OCC)n1. The summed E-state index contributed by atoms with van der Waals surface area (Å²) in [6.45, 7) is 10.0. The van der Waals surface area contributed by atoms with Gasteiger partial charge in [-0.25, -0.2) is 0 Å². The molecule has 0 aromatic carbocycles. The van der Waals surface area contributed by atoms with E-state index in [-0.39, 0.29) is 5.41 Å². The largest absolute Gasteiger partial charge is 0.464 e. The summed E-state index contributed by atoms with van der Waals surface area (Å²) in [5.74, 6) is 1.18. The summed E-state index contributed by atoms with van der Waals surface area (Å²) in [7, 11) is 0. The second kappa shape index (κ2) is 6.91. The van der Waals surface area contributed by atoms with Gasteiger partial charge in [-0.2, -0.15) is 15.0 Å². The van der Waals surface area contributed by atoms with E-state index in [1.165, 1.54) is 12.8 Å². The van der Waals surface area contributed by atoms with Crippen molar-refractivity contribution in [2.45, 2.75) is 59.4 Å². The molecule has 0 bridgehead atoms. The van der Waals surface area contributed by atoms with Crippen LogP contribution in [0.5, 0.6) is 6.01 Å². The molecule has 21 heavy (non-hydrogen) atoms. The zero-order chi connectivity index (χ0) is 15.3. The minimum absolute atomic E-state index is 0.273. The third kappa shape index (κ3) is 4.19. The van der Waals surface area contributed by atoms with Crippen LogP contribution >= 0.6 is 0 Å². The average Bonchev–Trinajstić information content (AvgIpc) is 2.76. The van der Waals surface area contributed by atoms with E-state index in [9.17, 15) is 0 Å². The highest BCUT2D eigenvalue weighted by Crippen LogP contribution is 2.38. The third-order valence-corrected chi connectivity index (χ3v) is 3.98. The maximum atomic E-state index is 5.44. The molecule has 1 atom stereocenters. The van der Waals surface area contributed by atoms with Gasteiger partial charge < -0.3 is 15.4 Å². The smallest absolute Gasteiger partial charge is 0.323 e. The molecule has 2 N–H and O–H groups in total. The Kier molecular flexibility index (Phi) is 5.20. The number of rotatable bonds is 7. The van der Waals surface area contributed by atoms with Gasteiger partial charge in [0, 0.05) is 12.6 Å². The van der Waals surface area contributed by atoms with Crippen LogP contribution in [0, 0.1) is 5.41 Å². The summed E-state index contributed by atoms with van der Waals surface area (Å²) >= 11 is 0. The summed E-state index contributed by atoms with van der Waals surface area (Å²) in [4.78, 5) is 13.1. The van der Waals surface area contributed by atoms with Gasteiger partial charge >= 0.3 is 6.01 Å². The van der Waals surface area contributed by atoms with E-state index >= 15 is 0 Å². The molecule has 1 aliphatic rings. The molecule has 1 fully saturated rings. The maximum Gasteiger partial charge on any atom is 0.323 e. The molecule has 6 heteroatoms. The van der Waals surface area contributed by atoms with Gasteiger partial charge in [-0.05, 0) is 31.6 Å². The first-order chi connectivity index (χ1) is 10.0. The van der Waals surface area contributed by atoms with Crippen LogP contribution in [-0.4, -0.2) is 34.1 Å². The van der Waals surface area contributed by atoms with Gasteiger partial charge in [-0.3, -0.25) is 0 Å². The van der Waals surface area contributed by atoms with E-state index in [4.69, 9.17) is 4.74 Å². The molecule has 2 rings (SSSR count). The first kappa shape index (κ1) is 15.8. The molecule has 1 aliphatic carbocycles. The molecule has 1 heterocycles. The lowest BCUT2D eigenvalue weighted by Gasteiger charge is -2.27. The number of nitrogens with one attached hydrogen (secondary N) is 2. The van der Waals surface area contributed by atoms with E-state index in [1.807, 2.05) is 6.92 Å². The molecule has 0 radical (unpaired) electrons. The summed E-state index contributed by atoms with van der Waals surface area (Å²) in [6, 6.07) is 0.776. The molecule has 0 aliphatic heterocycles. The van der Waals surface area contributed by atoms with E-state index in [0.29, 0.717) is 30.6 Å². The molecule has 0 spiro atoms. The molecular formula is C15H27N5O. The minimum atomic E-state index is 0.273. The number of nitrogens with zero attached hydrogens (tertiary/aromatic N) is 3. The Balaban J connectivity index is 2.14. The maximum absolute atomic E-state index is 5.44. The summed E-state index contributed by atoms with van der Waals surface area (Å²) < 4.78 is 5.44. The van der Waals surface area contributed by atoms with Crippen LogP contribution in [0.1, 0.15) is 53.4 Å². The normalized spacial score (nSPS) is 20.3. The Labute approximate surface area is 127 Å². The number of anilines is 2. The number of ether oxygens (including phenoxy) is 1. The lowest BCUT2D eigenvalue weighted by molar-refractivity contribution is 0.311. The van der Waals surface area contributed by atoms with Crippen LogP contribution in [0.4, 0.5) is 11.9 Å². The minimum Gasteiger partial charge on any atom is -0.464 e. The average molecular weight is 293 g/mol. The van der Waals surface area contributed by atoms with Gasteiger partial charge in [0.1, 0.15) is 0 Å². The van der Waals surface area contributed by atoms with Gasteiger partial charge in [-0.15, -0.1) is 0 Å². The van der Waals surface area contributed by atoms with Crippen molar-refractivity contribution in [3.63, 3.8) is 0 Å². The molecular weight excluding hydrogens is 266 g/mol. The second-order valence-electron chi connectivity index (χ2n) is 6.20. The molecule has 1 unspecified atom stereocenters. The lowest BCUT2D eigenvalue weighted by atomic mass is 9.87. The van der Waals surface area contributed by atoms with Crippen molar-refractivity contribution in [2.24, 2.45) is 5.41 Å². The Morgan fingerprint density at radius 3 is 2.57 bits per heavy atom. The molecule has 0 saturated heterocycles. The monoisotopic (exact) mass is 293 g/mol. The van der Waals surface area contributed by atoms with Crippen LogP contribution in [-0.2, 0) is 0 Å². The van der Waals surface area contributed by atoms with E-state index in [1.54, 1.807) is 0 Å². The Morgan fingerprint density at radius 1 is 1.19 bits per heavy atom. The van der Waals surface area contributed by atoms with Crippen molar-refractivity contribution in [2.75, 3.05) is 23.8 Å². The van der Waals surface area contributed by atoms with Gasteiger partial charge in [0.25, 0.3) is 0 Å². The van der Waals surface area contributed by atoms with Crippen molar-refractivity contribution >= 4 is 11.9 Å². The van der Waals surface area contributed by atoms with Gasteiger partial charge in [0.05, 0.1) is 6.61 Å². The fourth-order valence-corrected chi connectivity index (χ4v) is 2.68. The van der Waals surface area contributed by atoms with Crippen molar-refractivity contribution in [1.29, 1.82) is 0 Å². The van der Waals surface area contributed by atoms with Gasteiger partial charge in [-0.1, -0.05) is 27.2 Å². The zero-order valence-corrected chi connectivity index (χ0v) is 13.6. The van der Waals surface area contributed by atoms with Gasteiger partial charge in [0.2, 0.25) is 11.9 Å².